The standard InChI is InChI=1S/C69H122O6/c1-4-7-10-13-16-18-20-22-24-26-28-30-32-33-34-35-36-38-39-41-43-45-47-49-51-53-56-59-62-68(71)74-65-66(64-73-67(70)61-58-55-15-12-9-6-3)75-69(72)63-60-57-54-52-50-48-46-44-42-40-37-31-29-27-25-23-21-19-17-14-11-8-5-2/h8,11,17,19,23,25,29,31,40,42,46,48,66H,4-7,9-10,12-16,18,20-22,24,26-28,30,32-39,41,43-45,47,49-65H2,1-3H3/b11-8-,19-17-,25-23-,31-29-,42-40-,48-46-. The number of hydrogen-bond acceptors (Lipinski definition) is 6. The molecule has 0 rings (SSSR count). The van der Waals surface area contributed by atoms with E-state index in [1.807, 2.05) is 0 Å². The molecule has 434 valence electrons. The summed E-state index contributed by atoms with van der Waals surface area (Å²) in [6, 6.07) is 0. The normalized spacial score (nSPS) is 12.5. The van der Waals surface area contributed by atoms with Gasteiger partial charge in [0, 0.05) is 19.3 Å². The maximum Gasteiger partial charge on any atom is 0.306 e. The molecular weight excluding hydrogens is 925 g/mol. The first-order valence-electron chi connectivity index (χ1n) is 32.4. The Morgan fingerprint density at radius 2 is 0.520 bits per heavy atom. The van der Waals surface area contributed by atoms with Crippen LogP contribution in [-0.2, 0) is 28.6 Å². The molecule has 0 N–H and O–H groups in total. The van der Waals surface area contributed by atoms with Gasteiger partial charge in [-0.15, -0.1) is 0 Å². The lowest BCUT2D eigenvalue weighted by atomic mass is 10.0. The lowest BCUT2D eigenvalue weighted by Gasteiger charge is -2.18. The molecular formula is C69H122O6. The van der Waals surface area contributed by atoms with Gasteiger partial charge in [-0.25, -0.2) is 0 Å². The minimum atomic E-state index is -0.785. The Hall–Kier alpha value is -3.15. The van der Waals surface area contributed by atoms with Gasteiger partial charge in [0.15, 0.2) is 6.10 Å². The summed E-state index contributed by atoms with van der Waals surface area (Å²) in [5.41, 5.74) is 0. The van der Waals surface area contributed by atoms with E-state index in [0.29, 0.717) is 19.3 Å². The zero-order chi connectivity index (χ0) is 54.3. The molecule has 0 aliphatic carbocycles. The van der Waals surface area contributed by atoms with Crippen LogP contribution in [0.3, 0.4) is 0 Å². The molecule has 1 unspecified atom stereocenters. The van der Waals surface area contributed by atoms with Crippen LogP contribution in [-0.4, -0.2) is 37.2 Å². The number of esters is 3. The zero-order valence-corrected chi connectivity index (χ0v) is 49.8. The Morgan fingerprint density at radius 1 is 0.280 bits per heavy atom. The van der Waals surface area contributed by atoms with Gasteiger partial charge in [0.1, 0.15) is 13.2 Å². The van der Waals surface area contributed by atoms with E-state index in [9.17, 15) is 14.4 Å². The molecule has 75 heavy (non-hydrogen) atoms. The van der Waals surface area contributed by atoms with Crippen molar-refractivity contribution in [3.05, 3.63) is 72.9 Å². The third kappa shape index (κ3) is 61.6. The second-order valence-corrected chi connectivity index (χ2v) is 21.7. The van der Waals surface area contributed by atoms with Gasteiger partial charge in [0.25, 0.3) is 0 Å². The van der Waals surface area contributed by atoms with Crippen LogP contribution in [0.25, 0.3) is 0 Å². The highest BCUT2D eigenvalue weighted by Crippen LogP contribution is 2.18. The topological polar surface area (TPSA) is 78.9 Å². The first-order valence-corrected chi connectivity index (χ1v) is 32.4. The van der Waals surface area contributed by atoms with Crippen molar-refractivity contribution in [1.82, 2.24) is 0 Å². The van der Waals surface area contributed by atoms with Gasteiger partial charge in [0.2, 0.25) is 0 Å². The second kappa shape index (κ2) is 63.4. The Balaban J connectivity index is 4.08. The average molecular weight is 1050 g/mol. The SMILES string of the molecule is CC/C=C\C/C=C\C/C=C\C/C=C\C/C=C\C/C=C\CCCCCCC(=O)OC(COC(=O)CCCCCCCC)COC(=O)CCCCCCCCCCCCCCCCCCCCCCCCCCCCCC. The quantitative estimate of drug-likeness (QED) is 0.0261. The Bertz CT molecular complexity index is 1390. The van der Waals surface area contributed by atoms with Crippen molar-refractivity contribution >= 4 is 17.9 Å². The van der Waals surface area contributed by atoms with E-state index in [4.69, 9.17) is 14.2 Å². The van der Waals surface area contributed by atoms with Crippen LogP contribution in [0.4, 0.5) is 0 Å². The first kappa shape index (κ1) is 71.8. The largest absolute Gasteiger partial charge is 0.462 e. The molecule has 0 radical (unpaired) electrons. The van der Waals surface area contributed by atoms with Gasteiger partial charge in [-0.3, -0.25) is 14.4 Å². The van der Waals surface area contributed by atoms with Gasteiger partial charge in [0.05, 0.1) is 0 Å². The summed E-state index contributed by atoms with van der Waals surface area (Å²) in [6.45, 7) is 6.48. The molecule has 0 aromatic carbocycles. The van der Waals surface area contributed by atoms with E-state index in [0.717, 1.165) is 109 Å². The molecule has 0 aliphatic rings. The molecule has 0 spiro atoms. The summed E-state index contributed by atoms with van der Waals surface area (Å²) in [5.74, 6) is -0.905. The third-order valence-electron chi connectivity index (χ3n) is 14.2. The van der Waals surface area contributed by atoms with Crippen LogP contribution in [0.2, 0.25) is 0 Å². The molecule has 0 fully saturated rings. The van der Waals surface area contributed by atoms with Gasteiger partial charge in [-0.1, -0.05) is 312 Å². The zero-order valence-electron chi connectivity index (χ0n) is 49.8. The fourth-order valence-electron chi connectivity index (χ4n) is 9.39. The highest BCUT2D eigenvalue weighted by molar-refractivity contribution is 5.71. The minimum Gasteiger partial charge on any atom is -0.462 e. The van der Waals surface area contributed by atoms with E-state index in [2.05, 4.69) is 93.7 Å². The van der Waals surface area contributed by atoms with Crippen molar-refractivity contribution in [3.63, 3.8) is 0 Å². The molecule has 0 aliphatic heterocycles. The second-order valence-electron chi connectivity index (χ2n) is 21.7. The van der Waals surface area contributed by atoms with E-state index in [1.54, 1.807) is 0 Å². The number of allylic oxidation sites excluding steroid dienone is 12. The van der Waals surface area contributed by atoms with Crippen molar-refractivity contribution in [2.75, 3.05) is 13.2 Å². The van der Waals surface area contributed by atoms with Gasteiger partial charge >= 0.3 is 17.9 Å². The fourth-order valence-corrected chi connectivity index (χ4v) is 9.39. The van der Waals surface area contributed by atoms with E-state index in [1.165, 1.54) is 180 Å². The predicted octanol–water partition coefficient (Wildman–Crippen LogP) is 22.1. The Morgan fingerprint density at radius 3 is 0.813 bits per heavy atom. The summed E-state index contributed by atoms with van der Waals surface area (Å²) in [7, 11) is 0. The van der Waals surface area contributed by atoms with E-state index in [-0.39, 0.29) is 31.1 Å². The van der Waals surface area contributed by atoms with Crippen LogP contribution in [0, 0.1) is 0 Å². The summed E-state index contributed by atoms with van der Waals surface area (Å²) in [6.07, 6.45) is 82.5. The molecule has 0 saturated carbocycles. The Labute approximate surface area is 465 Å². The number of carbonyl (C=O) groups is 3. The lowest BCUT2D eigenvalue weighted by molar-refractivity contribution is -0.167. The molecule has 0 bridgehead atoms. The van der Waals surface area contributed by atoms with Crippen LogP contribution < -0.4 is 0 Å². The molecule has 0 amide bonds. The third-order valence-corrected chi connectivity index (χ3v) is 14.2. The molecule has 0 heterocycles. The maximum absolute atomic E-state index is 12.8. The van der Waals surface area contributed by atoms with Gasteiger partial charge in [-0.2, -0.15) is 0 Å². The molecule has 6 heteroatoms. The Kier molecular flexibility index (Phi) is 60.7. The molecule has 0 aromatic heterocycles. The van der Waals surface area contributed by atoms with Crippen LogP contribution in [0.1, 0.15) is 329 Å². The monoisotopic (exact) mass is 1050 g/mol. The number of ether oxygens (including phenoxy) is 3. The van der Waals surface area contributed by atoms with E-state index >= 15 is 0 Å². The number of unbranched alkanes of at least 4 members (excludes halogenated alkanes) is 36. The predicted molar refractivity (Wildman–Crippen MR) is 325 cm³/mol. The highest BCUT2D eigenvalue weighted by Gasteiger charge is 2.19. The summed E-state index contributed by atoms with van der Waals surface area (Å²) in [5, 5.41) is 0. The smallest absolute Gasteiger partial charge is 0.306 e. The van der Waals surface area contributed by atoms with Crippen molar-refractivity contribution < 1.29 is 28.6 Å². The number of carbonyl (C=O) groups excluding carboxylic acids is 3. The fraction of sp³-hybridized carbons (Fsp3) is 0.783. The maximum atomic E-state index is 12.8. The molecule has 0 aromatic rings. The minimum absolute atomic E-state index is 0.0830. The van der Waals surface area contributed by atoms with Crippen molar-refractivity contribution in [2.24, 2.45) is 0 Å². The van der Waals surface area contributed by atoms with Crippen LogP contribution in [0.5, 0.6) is 0 Å². The van der Waals surface area contributed by atoms with Crippen LogP contribution >= 0.6 is 0 Å². The molecule has 0 saturated heterocycles. The lowest BCUT2D eigenvalue weighted by Crippen LogP contribution is -2.30. The average Bonchev–Trinajstić information content (AvgIpc) is 3.41. The van der Waals surface area contributed by atoms with Gasteiger partial charge < -0.3 is 14.2 Å². The van der Waals surface area contributed by atoms with Crippen molar-refractivity contribution in [2.45, 2.75) is 335 Å². The highest BCUT2D eigenvalue weighted by atomic mass is 16.6. The molecule has 6 nitrogen and oxygen atoms in total. The van der Waals surface area contributed by atoms with E-state index < -0.39 is 6.10 Å². The van der Waals surface area contributed by atoms with Crippen LogP contribution in [0.15, 0.2) is 72.9 Å². The summed E-state index contributed by atoms with van der Waals surface area (Å²) >= 11 is 0. The summed E-state index contributed by atoms with van der Waals surface area (Å²) in [4.78, 5) is 38.0. The van der Waals surface area contributed by atoms with Gasteiger partial charge in [-0.05, 0) is 70.6 Å². The summed E-state index contributed by atoms with van der Waals surface area (Å²) < 4.78 is 16.8. The number of rotatable bonds is 59. The van der Waals surface area contributed by atoms with Crippen molar-refractivity contribution in [1.29, 1.82) is 0 Å². The van der Waals surface area contributed by atoms with Crippen molar-refractivity contribution in [3.8, 4) is 0 Å². The first-order chi connectivity index (χ1) is 37.0. The number of hydrogen-bond donors (Lipinski definition) is 0. The molecule has 1 atom stereocenters.